The Balaban J connectivity index is 1.35. The van der Waals surface area contributed by atoms with Crippen molar-refractivity contribution in [3.05, 3.63) is 77.7 Å². The first-order valence-electron chi connectivity index (χ1n) is 9.03. The van der Waals surface area contributed by atoms with Crippen molar-refractivity contribution >= 4 is 11.7 Å². The number of ether oxygens (including phenoxy) is 1. The molecule has 2 aromatic carbocycles. The molecule has 0 aliphatic heterocycles. The van der Waals surface area contributed by atoms with Gasteiger partial charge in [-0.05, 0) is 65.2 Å². The van der Waals surface area contributed by atoms with Crippen molar-refractivity contribution < 1.29 is 9.53 Å². The zero-order chi connectivity index (χ0) is 20.1. The number of carbonyl (C=O) groups excluding carboxylic acids is 1. The lowest BCUT2D eigenvalue weighted by Crippen LogP contribution is -2.12. The molecule has 146 valence electrons. The Morgan fingerprint density at radius 1 is 1.14 bits per heavy atom. The summed E-state index contributed by atoms with van der Waals surface area (Å²) in [7, 11) is 1.66. The highest BCUT2D eigenvalue weighted by atomic mass is 16.5. The van der Waals surface area contributed by atoms with Crippen LogP contribution in [0.25, 0.3) is 5.69 Å². The number of anilines is 1. The number of H-pyrrole nitrogens is 1. The minimum Gasteiger partial charge on any atom is -0.497 e. The summed E-state index contributed by atoms with van der Waals surface area (Å²) in [5.74, 6) is 1.09. The summed E-state index contributed by atoms with van der Waals surface area (Å²) in [6, 6.07) is 16.8. The number of methoxy groups -OCH3 is 1. The van der Waals surface area contributed by atoms with Gasteiger partial charge in [0.05, 0.1) is 12.8 Å². The third kappa shape index (κ3) is 4.46. The number of amides is 1. The van der Waals surface area contributed by atoms with Gasteiger partial charge in [0.25, 0.3) is 5.91 Å². The molecule has 9 heteroatoms. The van der Waals surface area contributed by atoms with Gasteiger partial charge >= 0.3 is 0 Å². The van der Waals surface area contributed by atoms with Gasteiger partial charge in [-0.2, -0.15) is 5.10 Å². The Morgan fingerprint density at radius 2 is 2.00 bits per heavy atom. The van der Waals surface area contributed by atoms with Gasteiger partial charge < -0.3 is 10.1 Å². The maximum absolute atomic E-state index is 12.4. The number of nitrogens with zero attached hydrogens (tertiary/aromatic N) is 5. The fourth-order valence-corrected chi connectivity index (χ4v) is 2.89. The summed E-state index contributed by atoms with van der Waals surface area (Å²) >= 11 is 0. The molecule has 2 aromatic heterocycles. The van der Waals surface area contributed by atoms with Crippen LogP contribution in [0.2, 0.25) is 0 Å². The number of rotatable bonds is 7. The molecule has 4 aromatic rings. The maximum Gasteiger partial charge on any atom is 0.256 e. The number of benzene rings is 2. The quantitative estimate of drug-likeness (QED) is 0.502. The number of aromatic amines is 1. The van der Waals surface area contributed by atoms with Crippen molar-refractivity contribution in [2.75, 3.05) is 12.4 Å². The van der Waals surface area contributed by atoms with E-state index >= 15 is 0 Å². The second kappa shape index (κ2) is 8.34. The topological polar surface area (TPSA) is 111 Å². The molecule has 0 aliphatic carbocycles. The number of carbonyl (C=O) groups is 1. The Kier molecular flexibility index (Phi) is 5.28. The highest BCUT2D eigenvalue weighted by Gasteiger charge is 2.10. The molecule has 1 amide bonds. The highest BCUT2D eigenvalue weighted by molar-refractivity contribution is 6.03. The van der Waals surface area contributed by atoms with Crippen molar-refractivity contribution in [2.24, 2.45) is 0 Å². The summed E-state index contributed by atoms with van der Waals surface area (Å²) in [4.78, 5) is 12.4. The third-order valence-electron chi connectivity index (χ3n) is 4.43. The van der Waals surface area contributed by atoms with E-state index in [1.54, 1.807) is 31.4 Å². The second-order valence-corrected chi connectivity index (χ2v) is 6.39. The van der Waals surface area contributed by atoms with Crippen LogP contribution in [0.4, 0.5) is 5.82 Å². The number of hydrogen-bond donors (Lipinski definition) is 2. The second-order valence-electron chi connectivity index (χ2n) is 6.39. The highest BCUT2D eigenvalue weighted by Crippen LogP contribution is 2.16. The van der Waals surface area contributed by atoms with Gasteiger partial charge in [0.15, 0.2) is 5.82 Å². The number of tetrazole rings is 1. The molecule has 0 fully saturated rings. The summed E-state index contributed by atoms with van der Waals surface area (Å²) < 4.78 is 6.76. The van der Waals surface area contributed by atoms with Crippen LogP contribution in [0, 0.1) is 0 Å². The number of nitrogens with one attached hydrogen (secondary N) is 2. The van der Waals surface area contributed by atoms with E-state index in [0.717, 1.165) is 30.0 Å². The van der Waals surface area contributed by atoms with E-state index in [2.05, 4.69) is 37.1 Å². The Hall–Kier alpha value is -4.01. The number of aromatic nitrogens is 6. The van der Waals surface area contributed by atoms with Crippen LogP contribution in [0.3, 0.4) is 0 Å². The minimum absolute atomic E-state index is 0.237. The van der Waals surface area contributed by atoms with E-state index < -0.39 is 0 Å². The minimum atomic E-state index is -0.237. The fourth-order valence-electron chi connectivity index (χ4n) is 2.89. The Morgan fingerprint density at radius 3 is 2.76 bits per heavy atom. The SMILES string of the molecule is COc1cccc(CCc2cc(NC(=O)c3ccc(-n4cnnn4)cc3)n[nH]2)c1. The lowest BCUT2D eigenvalue weighted by Gasteiger charge is -2.04. The molecule has 9 nitrogen and oxygen atoms in total. The first-order chi connectivity index (χ1) is 14.2. The van der Waals surface area contributed by atoms with Gasteiger partial charge in [0.2, 0.25) is 0 Å². The van der Waals surface area contributed by atoms with E-state index in [9.17, 15) is 4.79 Å². The van der Waals surface area contributed by atoms with Crippen molar-refractivity contribution in [3.63, 3.8) is 0 Å². The number of hydrogen-bond acceptors (Lipinski definition) is 6. The van der Waals surface area contributed by atoms with Crippen LogP contribution in [-0.2, 0) is 12.8 Å². The summed E-state index contributed by atoms with van der Waals surface area (Å²) in [5, 5.41) is 20.9. The molecule has 0 unspecified atom stereocenters. The predicted molar refractivity (Wildman–Crippen MR) is 106 cm³/mol. The Bertz CT molecular complexity index is 1090. The van der Waals surface area contributed by atoms with Crippen molar-refractivity contribution in [2.45, 2.75) is 12.8 Å². The Labute approximate surface area is 166 Å². The molecule has 0 aliphatic rings. The summed E-state index contributed by atoms with van der Waals surface area (Å²) in [6.45, 7) is 0. The third-order valence-corrected chi connectivity index (χ3v) is 4.43. The molecular weight excluding hydrogens is 370 g/mol. The molecule has 0 radical (unpaired) electrons. The van der Waals surface area contributed by atoms with Crippen LogP contribution in [0.15, 0.2) is 60.9 Å². The van der Waals surface area contributed by atoms with Crippen LogP contribution in [0.5, 0.6) is 5.75 Å². The maximum atomic E-state index is 12.4. The largest absolute Gasteiger partial charge is 0.497 e. The lowest BCUT2D eigenvalue weighted by atomic mass is 10.1. The van der Waals surface area contributed by atoms with Crippen LogP contribution >= 0.6 is 0 Å². The zero-order valence-corrected chi connectivity index (χ0v) is 15.7. The van der Waals surface area contributed by atoms with Crippen LogP contribution < -0.4 is 10.1 Å². The average Bonchev–Trinajstić information content (AvgIpc) is 3.45. The van der Waals surface area contributed by atoms with Crippen LogP contribution in [-0.4, -0.2) is 43.4 Å². The molecule has 0 spiro atoms. The average molecular weight is 389 g/mol. The van der Waals surface area contributed by atoms with E-state index in [4.69, 9.17) is 4.74 Å². The molecular formula is C20H19N7O2. The summed E-state index contributed by atoms with van der Waals surface area (Å²) in [5.41, 5.74) is 3.40. The zero-order valence-electron chi connectivity index (χ0n) is 15.7. The molecule has 0 saturated heterocycles. The van der Waals surface area contributed by atoms with Gasteiger partial charge in [-0.3, -0.25) is 9.89 Å². The van der Waals surface area contributed by atoms with Gasteiger partial charge in [-0.1, -0.05) is 12.1 Å². The first-order valence-corrected chi connectivity index (χ1v) is 9.03. The summed E-state index contributed by atoms with van der Waals surface area (Å²) in [6.07, 6.45) is 3.11. The van der Waals surface area contributed by atoms with E-state index in [0.29, 0.717) is 11.4 Å². The van der Waals surface area contributed by atoms with Gasteiger partial charge in [0.1, 0.15) is 12.1 Å². The molecule has 4 rings (SSSR count). The van der Waals surface area contributed by atoms with E-state index in [1.165, 1.54) is 16.6 Å². The van der Waals surface area contributed by atoms with Gasteiger partial charge in [0, 0.05) is 17.3 Å². The lowest BCUT2D eigenvalue weighted by molar-refractivity contribution is 0.102. The van der Waals surface area contributed by atoms with Crippen molar-refractivity contribution in [3.8, 4) is 11.4 Å². The molecule has 0 bridgehead atoms. The standard InChI is InChI=1S/C20H19N7O2/c1-29-18-4-2-3-14(11-18)5-8-16-12-19(24-23-16)22-20(28)15-6-9-17(10-7-15)27-13-21-25-26-27/h2-4,6-7,9-13H,5,8H2,1H3,(H2,22,23,24,28). The molecule has 0 atom stereocenters. The molecule has 2 heterocycles. The number of aryl methyl sites for hydroxylation is 2. The monoisotopic (exact) mass is 389 g/mol. The van der Waals surface area contributed by atoms with E-state index in [1.807, 2.05) is 24.3 Å². The van der Waals surface area contributed by atoms with Crippen molar-refractivity contribution in [1.29, 1.82) is 0 Å². The first kappa shape index (κ1) is 18.4. The predicted octanol–water partition coefficient (Wildman–Crippen LogP) is 2.43. The molecule has 0 saturated carbocycles. The smallest absolute Gasteiger partial charge is 0.256 e. The molecule has 29 heavy (non-hydrogen) atoms. The normalized spacial score (nSPS) is 10.7. The van der Waals surface area contributed by atoms with Gasteiger partial charge in [-0.25, -0.2) is 4.68 Å². The van der Waals surface area contributed by atoms with Crippen LogP contribution in [0.1, 0.15) is 21.6 Å². The molecule has 2 N–H and O–H groups in total. The van der Waals surface area contributed by atoms with Gasteiger partial charge in [-0.15, -0.1) is 5.10 Å². The fraction of sp³-hybridized carbons (Fsp3) is 0.150. The van der Waals surface area contributed by atoms with E-state index in [-0.39, 0.29) is 5.91 Å². The van der Waals surface area contributed by atoms with Crippen molar-refractivity contribution in [1.82, 2.24) is 30.4 Å².